The number of unbranched alkanes of at least 4 members (excludes halogenated alkanes) is 6. The minimum Gasteiger partial charge on any atom is -0.494 e. The van der Waals surface area contributed by atoms with Gasteiger partial charge >= 0.3 is 0 Å². The van der Waals surface area contributed by atoms with Crippen LogP contribution in [-0.2, 0) is 4.79 Å². The van der Waals surface area contributed by atoms with Gasteiger partial charge in [0.25, 0.3) is 0 Å². The van der Waals surface area contributed by atoms with Crippen LogP contribution in [0.5, 0.6) is 5.75 Å². The zero-order valence-corrected chi connectivity index (χ0v) is 11.7. The minimum atomic E-state index is 0.590. The number of hydrogen-bond acceptors (Lipinski definition) is 3. The van der Waals surface area contributed by atoms with Crippen LogP contribution in [0.2, 0.25) is 0 Å². The van der Waals surface area contributed by atoms with E-state index >= 15 is 0 Å². The van der Waals surface area contributed by atoms with Gasteiger partial charge in [-0.25, -0.2) is 4.79 Å². The summed E-state index contributed by atoms with van der Waals surface area (Å²) in [6.45, 7) is 2.96. The summed E-state index contributed by atoms with van der Waals surface area (Å²) in [5.74, 6) is 0.766. The number of carbonyl (C=O) groups excluding carboxylic acids is 1. The van der Waals surface area contributed by atoms with E-state index in [1.54, 1.807) is 12.1 Å². The van der Waals surface area contributed by atoms with E-state index < -0.39 is 0 Å². The van der Waals surface area contributed by atoms with E-state index in [4.69, 9.17) is 4.74 Å². The van der Waals surface area contributed by atoms with Gasteiger partial charge in [0.1, 0.15) is 5.75 Å². The summed E-state index contributed by atoms with van der Waals surface area (Å²) < 4.78 is 5.63. The summed E-state index contributed by atoms with van der Waals surface area (Å²) in [6, 6.07) is 7.22. The standard InChI is InChI=1S/C16H23NO2/c1-2-3-4-5-6-7-8-12-19-16-11-9-10-15(13-16)17-14-18/h9-11,13H,2-8,12H2,1H3. The highest BCUT2D eigenvalue weighted by atomic mass is 16.5. The second-order valence-electron chi connectivity index (χ2n) is 4.67. The Kier molecular flexibility index (Phi) is 8.41. The first-order chi connectivity index (χ1) is 9.36. The molecule has 0 aliphatic carbocycles. The maximum atomic E-state index is 10.2. The lowest BCUT2D eigenvalue weighted by molar-refractivity contribution is 0.304. The van der Waals surface area contributed by atoms with Crippen molar-refractivity contribution in [1.29, 1.82) is 0 Å². The van der Waals surface area contributed by atoms with E-state index in [1.165, 1.54) is 44.6 Å². The molecule has 0 amide bonds. The maximum absolute atomic E-state index is 10.2. The van der Waals surface area contributed by atoms with Crippen molar-refractivity contribution >= 4 is 11.8 Å². The Bertz CT molecular complexity index is 397. The third-order valence-electron chi connectivity index (χ3n) is 3.01. The predicted octanol–water partition coefficient (Wildman–Crippen LogP) is 4.78. The van der Waals surface area contributed by atoms with Crippen LogP contribution in [-0.4, -0.2) is 12.7 Å². The molecule has 0 atom stereocenters. The first-order valence-electron chi connectivity index (χ1n) is 7.17. The van der Waals surface area contributed by atoms with Crippen molar-refractivity contribution < 1.29 is 9.53 Å². The molecule has 0 aliphatic heterocycles. The molecule has 104 valence electrons. The Morgan fingerprint density at radius 3 is 2.58 bits per heavy atom. The lowest BCUT2D eigenvalue weighted by Gasteiger charge is -2.06. The highest BCUT2D eigenvalue weighted by Gasteiger charge is 1.96. The van der Waals surface area contributed by atoms with Crippen LogP contribution < -0.4 is 4.74 Å². The van der Waals surface area contributed by atoms with E-state index in [9.17, 15) is 4.79 Å². The molecule has 0 N–H and O–H groups in total. The Morgan fingerprint density at radius 1 is 1.11 bits per heavy atom. The number of aliphatic imine (C=N–C) groups is 1. The van der Waals surface area contributed by atoms with Gasteiger partial charge < -0.3 is 4.74 Å². The van der Waals surface area contributed by atoms with Crippen LogP contribution in [0, 0.1) is 0 Å². The molecule has 0 saturated carbocycles. The molecule has 0 fully saturated rings. The lowest BCUT2D eigenvalue weighted by Crippen LogP contribution is -1.97. The first-order valence-corrected chi connectivity index (χ1v) is 7.17. The summed E-state index contributed by atoms with van der Waals surface area (Å²) in [5.41, 5.74) is 0.590. The molecule has 0 spiro atoms. The summed E-state index contributed by atoms with van der Waals surface area (Å²) in [4.78, 5) is 13.7. The number of rotatable bonds is 10. The SMILES string of the molecule is CCCCCCCCCOc1cccc(N=C=O)c1. The largest absolute Gasteiger partial charge is 0.494 e. The molecule has 3 nitrogen and oxygen atoms in total. The molecule has 0 aliphatic rings. The van der Waals surface area contributed by atoms with Crippen molar-refractivity contribution in [1.82, 2.24) is 0 Å². The van der Waals surface area contributed by atoms with Gasteiger partial charge in [0.2, 0.25) is 6.08 Å². The molecule has 0 aromatic heterocycles. The zero-order valence-electron chi connectivity index (χ0n) is 11.7. The Balaban J connectivity index is 2.12. The van der Waals surface area contributed by atoms with Crippen molar-refractivity contribution in [3.05, 3.63) is 24.3 Å². The van der Waals surface area contributed by atoms with Crippen LogP contribution in [0.4, 0.5) is 5.69 Å². The fraction of sp³-hybridized carbons (Fsp3) is 0.562. The quantitative estimate of drug-likeness (QED) is 0.345. The third-order valence-corrected chi connectivity index (χ3v) is 3.01. The van der Waals surface area contributed by atoms with Gasteiger partial charge in [-0.05, 0) is 18.6 Å². The predicted molar refractivity (Wildman–Crippen MR) is 77.7 cm³/mol. The molecule has 1 rings (SSSR count). The summed E-state index contributed by atoms with van der Waals surface area (Å²) in [6.07, 6.45) is 10.4. The molecule has 0 heterocycles. The molecule has 3 heteroatoms. The lowest BCUT2D eigenvalue weighted by atomic mass is 10.1. The van der Waals surface area contributed by atoms with E-state index in [1.807, 2.05) is 12.1 Å². The summed E-state index contributed by atoms with van der Waals surface area (Å²) in [5, 5.41) is 0. The van der Waals surface area contributed by atoms with Crippen LogP contribution in [0.15, 0.2) is 29.3 Å². The molecule has 19 heavy (non-hydrogen) atoms. The number of isocyanates is 1. The molecule has 1 aromatic carbocycles. The van der Waals surface area contributed by atoms with Crippen molar-refractivity contribution in [3.63, 3.8) is 0 Å². The number of ether oxygens (including phenoxy) is 1. The first kappa shape index (κ1) is 15.5. The van der Waals surface area contributed by atoms with Gasteiger partial charge in [0.05, 0.1) is 12.3 Å². The fourth-order valence-electron chi connectivity index (χ4n) is 1.94. The number of hydrogen-bond donors (Lipinski definition) is 0. The highest BCUT2D eigenvalue weighted by molar-refractivity contribution is 5.51. The number of nitrogens with zero attached hydrogens (tertiary/aromatic N) is 1. The maximum Gasteiger partial charge on any atom is 0.240 e. The van der Waals surface area contributed by atoms with Crippen molar-refractivity contribution in [3.8, 4) is 5.75 Å². The molecule has 0 saturated heterocycles. The zero-order chi connectivity index (χ0) is 13.8. The van der Waals surface area contributed by atoms with Crippen molar-refractivity contribution in [2.24, 2.45) is 4.99 Å². The molecule has 0 bridgehead atoms. The van der Waals surface area contributed by atoms with Crippen molar-refractivity contribution in [2.45, 2.75) is 51.9 Å². The van der Waals surface area contributed by atoms with E-state index in [0.29, 0.717) is 5.69 Å². The fourth-order valence-corrected chi connectivity index (χ4v) is 1.94. The van der Waals surface area contributed by atoms with Gasteiger partial charge in [-0.2, -0.15) is 4.99 Å². The third kappa shape index (κ3) is 7.43. The minimum absolute atomic E-state index is 0.590. The summed E-state index contributed by atoms with van der Waals surface area (Å²) in [7, 11) is 0. The van der Waals surface area contributed by atoms with Gasteiger partial charge in [-0.3, -0.25) is 0 Å². The van der Waals surface area contributed by atoms with Gasteiger partial charge in [0, 0.05) is 6.07 Å². The van der Waals surface area contributed by atoms with Gasteiger partial charge in [0.15, 0.2) is 0 Å². The summed E-state index contributed by atoms with van der Waals surface area (Å²) >= 11 is 0. The number of benzene rings is 1. The van der Waals surface area contributed by atoms with Crippen molar-refractivity contribution in [2.75, 3.05) is 6.61 Å². The molecule has 1 aromatic rings. The second kappa shape index (κ2) is 10.3. The molecule has 0 radical (unpaired) electrons. The van der Waals surface area contributed by atoms with Gasteiger partial charge in [-0.1, -0.05) is 51.5 Å². The molecule has 0 unspecified atom stereocenters. The van der Waals surface area contributed by atoms with Gasteiger partial charge in [-0.15, -0.1) is 0 Å². The van der Waals surface area contributed by atoms with Crippen LogP contribution in [0.25, 0.3) is 0 Å². The molecular weight excluding hydrogens is 238 g/mol. The highest BCUT2D eigenvalue weighted by Crippen LogP contribution is 2.19. The average molecular weight is 261 g/mol. The van der Waals surface area contributed by atoms with E-state index in [2.05, 4.69) is 11.9 Å². The molecular formula is C16H23NO2. The van der Waals surface area contributed by atoms with E-state index in [-0.39, 0.29) is 0 Å². The second-order valence-corrected chi connectivity index (χ2v) is 4.67. The average Bonchev–Trinajstić information content (AvgIpc) is 2.43. The Morgan fingerprint density at radius 2 is 1.84 bits per heavy atom. The Hall–Kier alpha value is -1.60. The topological polar surface area (TPSA) is 38.7 Å². The normalized spacial score (nSPS) is 9.95. The van der Waals surface area contributed by atoms with E-state index in [0.717, 1.165) is 18.8 Å². The van der Waals surface area contributed by atoms with Crippen LogP contribution in [0.3, 0.4) is 0 Å². The monoisotopic (exact) mass is 261 g/mol. The smallest absolute Gasteiger partial charge is 0.240 e. The van der Waals surface area contributed by atoms with Crippen LogP contribution in [0.1, 0.15) is 51.9 Å². The van der Waals surface area contributed by atoms with Crippen LogP contribution >= 0.6 is 0 Å². The Labute approximate surface area is 115 Å².